The molecule has 1 amide bonds. The number of halogens is 2. The zero-order valence-electron chi connectivity index (χ0n) is 12.0. The third kappa shape index (κ3) is 3.08. The van der Waals surface area contributed by atoms with Gasteiger partial charge in [0.2, 0.25) is 5.91 Å². The van der Waals surface area contributed by atoms with E-state index in [2.05, 4.69) is 5.32 Å². The third-order valence-corrected chi connectivity index (χ3v) is 3.72. The molecule has 114 valence electrons. The van der Waals surface area contributed by atoms with Crippen LogP contribution in [0.4, 0.5) is 20.2 Å². The van der Waals surface area contributed by atoms with Crippen molar-refractivity contribution in [2.75, 3.05) is 23.3 Å². The van der Waals surface area contributed by atoms with Gasteiger partial charge >= 0.3 is 0 Å². The molecule has 0 radical (unpaired) electrons. The first-order valence-corrected chi connectivity index (χ1v) is 7.22. The number of rotatable bonds is 3. The van der Waals surface area contributed by atoms with Crippen LogP contribution >= 0.6 is 0 Å². The van der Waals surface area contributed by atoms with Crippen molar-refractivity contribution in [3.63, 3.8) is 0 Å². The van der Waals surface area contributed by atoms with Crippen molar-refractivity contribution in [1.29, 1.82) is 0 Å². The van der Waals surface area contributed by atoms with E-state index in [0.717, 1.165) is 30.2 Å². The normalized spacial score (nSPS) is 13.6. The summed E-state index contributed by atoms with van der Waals surface area (Å²) in [7, 11) is 0. The molecule has 0 spiro atoms. The van der Waals surface area contributed by atoms with E-state index < -0.39 is 11.6 Å². The number of fused-ring (bicyclic) bond motifs is 1. The highest BCUT2D eigenvalue weighted by molar-refractivity contribution is 5.97. The second-order valence-electron chi connectivity index (χ2n) is 5.29. The molecule has 1 heterocycles. The predicted molar refractivity (Wildman–Crippen MR) is 82.0 cm³/mol. The van der Waals surface area contributed by atoms with E-state index in [1.165, 1.54) is 12.1 Å². The lowest BCUT2D eigenvalue weighted by molar-refractivity contribution is -0.117. The Morgan fingerprint density at radius 1 is 1.14 bits per heavy atom. The lowest BCUT2D eigenvalue weighted by atomic mass is 10.0. The average Bonchev–Trinajstić information content (AvgIpc) is 2.51. The Bertz CT molecular complexity index is 683. The minimum atomic E-state index is -0.668. The van der Waals surface area contributed by atoms with Gasteiger partial charge in [-0.1, -0.05) is 18.2 Å². The first-order chi connectivity index (χ1) is 10.6. The van der Waals surface area contributed by atoms with Gasteiger partial charge in [-0.05, 0) is 36.6 Å². The lowest BCUT2D eigenvalue weighted by Gasteiger charge is -2.29. The summed E-state index contributed by atoms with van der Waals surface area (Å²) in [6.07, 6.45) is 1.87. The van der Waals surface area contributed by atoms with Gasteiger partial charge in [0.1, 0.15) is 11.6 Å². The van der Waals surface area contributed by atoms with Crippen LogP contribution in [0.3, 0.4) is 0 Å². The molecule has 3 rings (SSSR count). The first-order valence-electron chi connectivity index (χ1n) is 7.22. The highest BCUT2D eigenvalue weighted by atomic mass is 19.1. The van der Waals surface area contributed by atoms with Crippen molar-refractivity contribution in [2.45, 2.75) is 12.8 Å². The predicted octanol–water partition coefficient (Wildman–Crippen LogP) is 3.36. The Balaban J connectivity index is 1.70. The van der Waals surface area contributed by atoms with E-state index in [0.29, 0.717) is 6.54 Å². The largest absolute Gasteiger partial charge is 0.376 e. The molecule has 0 saturated carbocycles. The number of nitrogens with zero attached hydrogens (tertiary/aromatic N) is 1. The van der Waals surface area contributed by atoms with Gasteiger partial charge in [0.05, 0.1) is 6.54 Å². The summed E-state index contributed by atoms with van der Waals surface area (Å²) >= 11 is 0. The number of aryl methyl sites for hydroxylation is 1. The molecule has 3 nitrogen and oxygen atoms in total. The van der Waals surface area contributed by atoms with E-state index in [1.807, 2.05) is 24.3 Å². The van der Waals surface area contributed by atoms with E-state index in [1.54, 1.807) is 4.90 Å². The smallest absolute Gasteiger partial charge is 0.246 e. The summed E-state index contributed by atoms with van der Waals surface area (Å²) in [5.41, 5.74) is 2.33. The van der Waals surface area contributed by atoms with Crippen LogP contribution in [0.2, 0.25) is 0 Å². The highest BCUT2D eigenvalue weighted by Crippen LogP contribution is 2.26. The Morgan fingerprint density at radius 2 is 1.86 bits per heavy atom. The first kappa shape index (κ1) is 14.5. The summed E-state index contributed by atoms with van der Waals surface area (Å²) in [6.45, 7) is 0.659. The Hall–Kier alpha value is -2.43. The molecule has 0 unspecified atom stereocenters. The monoisotopic (exact) mass is 302 g/mol. The Morgan fingerprint density at radius 3 is 2.64 bits per heavy atom. The molecule has 2 aromatic rings. The van der Waals surface area contributed by atoms with Crippen molar-refractivity contribution >= 4 is 17.3 Å². The van der Waals surface area contributed by atoms with Crippen molar-refractivity contribution < 1.29 is 13.6 Å². The molecule has 1 N–H and O–H groups in total. The second-order valence-corrected chi connectivity index (χ2v) is 5.29. The second kappa shape index (κ2) is 6.13. The standard InChI is InChI=1S/C17H16F2N2O/c18-13-8-14(19)10-15(9-13)20-11-17(22)21-7-3-5-12-4-1-2-6-16(12)21/h1-2,4,6,8-10,20H,3,5,7,11H2. The molecule has 0 atom stereocenters. The summed E-state index contributed by atoms with van der Waals surface area (Å²) < 4.78 is 26.3. The molecule has 0 fully saturated rings. The zero-order valence-corrected chi connectivity index (χ0v) is 12.0. The quantitative estimate of drug-likeness (QED) is 0.943. The number of carbonyl (C=O) groups is 1. The van der Waals surface area contributed by atoms with Gasteiger partial charge in [-0.2, -0.15) is 0 Å². The maximum atomic E-state index is 13.1. The van der Waals surface area contributed by atoms with Crippen molar-refractivity contribution in [3.8, 4) is 0 Å². The maximum absolute atomic E-state index is 13.1. The molecule has 0 aromatic heterocycles. The minimum absolute atomic E-state index is 0.00275. The molecule has 1 aliphatic heterocycles. The number of amides is 1. The van der Waals surface area contributed by atoms with Gasteiger partial charge in [-0.3, -0.25) is 4.79 Å². The number of benzene rings is 2. The van der Waals surface area contributed by atoms with Crippen LogP contribution in [-0.2, 0) is 11.2 Å². The summed E-state index contributed by atoms with van der Waals surface area (Å²) in [5.74, 6) is -1.45. The Kier molecular flexibility index (Phi) is 4.04. The van der Waals surface area contributed by atoms with Gasteiger partial charge in [-0.25, -0.2) is 8.78 Å². The fourth-order valence-electron chi connectivity index (χ4n) is 2.72. The minimum Gasteiger partial charge on any atom is -0.376 e. The van der Waals surface area contributed by atoms with Crippen molar-refractivity contribution in [3.05, 3.63) is 59.7 Å². The Labute approximate surface area is 127 Å². The van der Waals surface area contributed by atoms with Crippen molar-refractivity contribution in [1.82, 2.24) is 0 Å². The van der Waals surface area contributed by atoms with Gasteiger partial charge in [-0.15, -0.1) is 0 Å². The number of hydrogen-bond donors (Lipinski definition) is 1. The zero-order chi connectivity index (χ0) is 15.5. The molecule has 0 bridgehead atoms. The van der Waals surface area contributed by atoms with E-state index in [4.69, 9.17) is 0 Å². The van der Waals surface area contributed by atoms with Gasteiger partial charge in [0.25, 0.3) is 0 Å². The van der Waals surface area contributed by atoms with Gasteiger partial charge in [0.15, 0.2) is 0 Å². The van der Waals surface area contributed by atoms with Crippen LogP contribution < -0.4 is 10.2 Å². The SMILES string of the molecule is O=C(CNc1cc(F)cc(F)c1)N1CCCc2ccccc21. The fourth-order valence-corrected chi connectivity index (χ4v) is 2.72. The maximum Gasteiger partial charge on any atom is 0.246 e. The van der Waals surface area contributed by atoms with Crippen LogP contribution in [0, 0.1) is 11.6 Å². The van der Waals surface area contributed by atoms with E-state index >= 15 is 0 Å². The molecular weight excluding hydrogens is 286 g/mol. The summed E-state index contributed by atoms with van der Waals surface area (Å²) in [6, 6.07) is 10.9. The molecule has 5 heteroatoms. The molecule has 0 aliphatic carbocycles. The molecule has 2 aromatic carbocycles. The van der Waals surface area contributed by atoms with E-state index in [9.17, 15) is 13.6 Å². The van der Waals surface area contributed by atoms with Crippen LogP contribution in [-0.4, -0.2) is 19.0 Å². The molecule has 22 heavy (non-hydrogen) atoms. The van der Waals surface area contributed by atoms with Gasteiger partial charge in [0, 0.05) is 24.0 Å². The lowest BCUT2D eigenvalue weighted by Crippen LogP contribution is -2.39. The number of carbonyl (C=O) groups excluding carboxylic acids is 1. The number of nitrogens with one attached hydrogen (secondary N) is 1. The van der Waals surface area contributed by atoms with Crippen LogP contribution in [0.5, 0.6) is 0 Å². The number of hydrogen-bond acceptors (Lipinski definition) is 2. The number of para-hydroxylation sites is 1. The summed E-state index contributed by atoms with van der Waals surface area (Å²) in [4.78, 5) is 14.1. The molecule has 0 saturated heterocycles. The topological polar surface area (TPSA) is 32.3 Å². The third-order valence-electron chi connectivity index (χ3n) is 3.72. The fraction of sp³-hybridized carbons (Fsp3) is 0.235. The summed E-state index contributed by atoms with van der Waals surface area (Å²) in [5, 5.41) is 2.78. The average molecular weight is 302 g/mol. The number of anilines is 2. The van der Waals surface area contributed by atoms with Crippen molar-refractivity contribution in [2.24, 2.45) is 0 Å². The highest BCUT2D eigenvalue weighted by Gasteiger charge is 2.21. The van der Waals surface area contributed by atoms with E-state index in [-0.39, 0.29) is 18.1 Å². The molecular formula is C17H16F2N2O. The van der Waals surface area contributed by atoms with Crippen LogP contribution in [0.25, 0.3) is 0 Å². The van der Waals surface area contributed by atoms with Crippen LogP contribution in [0.1, 0.15) is 12.0 Å². The van der Waals surface area contributed by atoms with Crippen LogP contribution in [0.15, 0.2) is 42.5 Å². The van der Waals surface area contributed by atoms with Gasteiger partial charge < -0.3 is 10.2 Å². The molecule has 1 aliphatic rings.